The molecule has 150 valence electrons. The average molecular weight is 404 g/mol. The van der Waals surface area contributed by atoms with Crippen LogP contribution in [0, 0.1) is 0 Å². The molecule has 0 atom stereocenters. The van der Waals surface area contributed by atoms with Crippen LogP contribution in [0.4, 0.5) is 0 Å². The molecule has 0 unspecified atom stereocenters. The van der Waals surface area contributed by atoms with E-state index in [9.17, 15) is 19.2 Å². The van der Waals surface area contributed by atoms with Gasteiger partial charge in [0, 0.05) is 16.7 Å². The van der Waals surface area contributed by atoms with E-state index < -0.39 is 29.0 Å². The summed E-state index contributed by atoms with van der Waals surface area (Å²) in [5.74, 6) is -2.76. The normalized spacial score (nSPS) is 11.3. The Morgan fingerprint density at radius 2 is 1.10 bits per heavy atom. The Labute approximate surface area is 168 Å². The van der Waals surface area contributed by atoms with Gasteiger partial charge in [-0.15, -0.1) is 0 Å². The van der Waals surface area contributed by atoms with Crippen LogP contribution < -0.4 is 22.7 Å². The predicted octanol–water partition coefficient (Wildman–Crippen LogP) is 2.25. The third-order valence-electron chi connectivity index (χ3n) is 5.07. The second-order valence-corrected chi connectivity index (χ2v) is 6.80. The Hall–Kier alpha value is -4.20. The standard InChI is InChI=1S/C22H16N2O6/c1-10(15-11-6-2-4-8-13(11)29-21(27)17(15)19(23)25)16-12-7-3-5-9-14(12)30-22(28)18(16)20(24)26/h2-10H,1H3,(H2,23,25)(H2,24,26). The number of carbonyl (C=O) groups excluding carboxylic acids is 2. The fourth-order valence-electron chi connectivity index (χ4n) is 3.86. The van der Waals surface area contributed by atoms with Crippen molar-refractivity contribution in [1.29, 1.82) is 0 Å². The number of hydrogen-bond acceptors (Lipinski definition) is 6. The maximum atomic E-state index is 12.5. The van der Waals surface area contributed by atoms with Gasteiger partial charge in [-0.1, -0.05) is 43.3 Å². The molecule has 0 spiro atoms. The van der Waals surface area contributed by atoms with Crippen molar-refractivity contribution in [1.82, 2.24) is 0 Å². The van der Waals surface area contributed by atoms with Gasteiger partial charge in [0.05, 0.1) is 0 Å². The molecule has 4 N–H and O–H groups in total. The molecule has 2 heterocycles. The lowest BCUT2D eigenvalue weighted by Crippen LogP contribution is -2.28. The number of fused-ring (bicyclic) bond motifs is 2. The lowest BCUT2D eigenvalue weighted by molar-refractivity contribution is 0.0988. The lowest BCUT2D eigenvalue weighted by atomic mass is 9.84. The van der Waals surface area contributed by atoms with Gasteiger partial charge in [-0.25, -0.2) is 9.59 Å². The van der Waals surface area contributed by atoms with Crippen molar-refractivity contribution in [2.75, 3.05) is 0 Å². The fraction of sp³-hybridized carbons (Fsp3) is 0.0909. The molecule has 2 amide bonds. The molecule has 0 radical (unpaired) electrons. The van der Waals surface area contributed by atoms with Gasteiger partial charge >= 0.3 is 11.3 Å². The quantitative estimate of drug-likeness (QED) is 0.499. The number of amides is 2. The van der Waals surface area contributed by atoms with Crippen LogP contribution >= 0.6 is 0 Å². The summed E-state index contributed by atoms with van der Waals surface area (Å²) in [5, 5.41) is 0.900. The van der Waals surface area contributed by atoms with Gasteiger partial charge in [-0.3, -0.25) is 9.59 Å². The molecule has 4 aromatic rings. The highest BCUT2D eigenvalue weighted by Gasteiger charge is 2.29. The largest absolute Gasteiger partial charge is 0.422 e. The van der Waals surface area contributed by atoms with Crippen molar-refractivity contribution in [3.63, 3.8) is 0 Å². The van der Waals surface area contributed by atoms with E-state index in [1.165, 1.54) is 0 Å². The number of hydrogen-bond donors (Lipinski definition) is 2. The summed E-state index contributed by atoms with van der Waals surface area (Å²) in [6.07, 6.45) is 0. The highest BCUT2D eigenvalue weighted by molar-refractivity contribution is 6.02. The van der Waals surface area contributed by atoms with Crippen molar-refractivity contribution < 1.29 is 18.4 Å². The fourth-order valence-corrected chi connectivity index (χ4v) is 3.86. The Balaban J connectivity index is 2.20. The van der Waals surface area contributed by atoms with Gasteiger partial charge in [-0.2, -0.15) is 0 Å². The van der Waals surface area contributed by atoms with Crippen molar-refractivity contribution in [3.8, 4) is 0 Å². The Bertz CT molecular complexity index is 1350. The summed E-state index contributed by atoms with van der Waals surface area (Å²) in [6, 6.07) is 13.2. The molecule has 0 fully saturated rings. The van der Waals surface area contributed by atoms with Crippen LogP contribution in [-0.4, -0.2) is 11.8 Å². The van der Waals surface area contributed by atoms with Crippen molar-refractivity contribution >= 4 is 33.8 Å². The van der Waals surface area contributed by atoms with Crippen LogP contribution in [0.2, 0.25) is 0 Å². The van der Waals surface area contributed by atoms with E-state index >= 15 is 0 Å². The van der Waals surface area contributed by atoms with Crippen LogP contribution in [-0.2, 0) is 0 Å². The van der Waals surface area contributed by atoms with Crippen molar-refractivity contribution in [3.05, 3.63) is 91.6 Å². The van der Waals surface area contributed by atoms with E-state index in [2.05, 4.69) is 0 Å². The molecule has 2 aromatic heterocycles. The Morgan fingerprint density at radius 3 is 1.47 bits per heavy atom. The highest BCUT2D eigenvalue weighted by atomic mass is 16.4. The Morgan fingerprint density at radius 1 is 0.733 bits per heavy atom. The van der Waals surface area contributed by atoms with Gasteiger partial charge in [0.15, 0.2) is 0 Å². The molecule has 0 bridgehead atoms. The number of rotatable bonds is 4. The predicted molar refractivity (Wildman–Crippen MR) is 110 cm³/mol. The molecular weight excluding hydrogens is 388 g/mol. The van der Waals surface area contributed by atoms with E-state index in [1.807, 2.05) is 0 Å². The molecule has 0 saturated carbocycles. The molecule has 0 aliphatic carbocycles. The lowest BCUT2D eigenvalue weighted by Gasteiger charge is -2.20. The zero-order valence-corrected chi connectivity index (χ0v) is 15.8. The number of benzene rings is 2. The SMILES string of the molecule is CC(c1c(C(N)=O)c(=O)oc2ccccc12)c1c(C(N)=O)c(=O)oc2ccccc12. The maximum Gasteiger partial charge on any atom is 0.349 e. The van der Waals surface area contributed by atoms with E-state index in [0.717, 1.165) is 0 Å². The summed E-state index contributed by atoms with van der Waals surface area (Å²) < 4.78 is 10.5. The van der Waals surface area contributed by atoms with E-state index in [1.54, 1.807) is 55.5 Å². The van der Waals surface area contributed by atoms with Gasteiger partial charge in [0.25, 0.3) is 11.8 Å². The minimum absolute atomic E-state index is 0.238. The average Bonchev–Trinajstić information content (AvgIpc) is 2.70. The smallest absolute Gasteiger partial charge is 0.349 e. The monoisotopic (exact) mass is 404 g/mol. The molecular formula is C22H16N2O6. The molecule has 0 saturated heterocycles. The minimum Gasteiger partial charge on any atom is -0.422 e. The third-order valence-corrected chi connectivity index (χ3v) is 5.07. The summed E-state index contributed by atoms with van der Waals surface area (Å²) >= 11 is 0. The zero-order valence-electron chi connectivity index (χ0n) is 15.8. The summed E-state index contributed by atoms with van der Waals surface area (Å²) in [5.41, 5.74) is 9.43. The summed E-state index contributed by atoms with van der Waals surface area (Å²) in [6.45, 7) is 1.65. The number of primary amides is 2. The first-order valence-corrected chi connectivity index (χ1v) is 9.02. The molecule has 2 aromatic carbocycles. The highest BCUT2D eigenvalue weighted by Crippen LogP contribution is 2.36. The van der Waals surface area contributed by atoms with E-state index in [0.29, 0.717) is 10.8 Å². The number of para-hydroxylation sites is 2. The van der Waals surface area contributed by atoms with Gasteiger partial charge in [0.1, 0.15) is 22.3 Å². The zero-order chi connectivity index (χ0) is 21.6. The maximum absolute atomic E-state index is 12.5. The summed E-state index contributed by atoms with van der Waals surface area (Å²) in [4.78, 5) is 49.4. The first-order chi connectivity index (χ1) is 14.3. The molecule has 8 heteroatoms. The van der Waals surface area contributed by atoms with Gasteiger partial charge < -0.3 is 20.3 Å². The molecule has 8 nitrogen and oxygen atoms in total. The molecule has 0 aliphatic heterocycles. The second-order valence-electron chi connectivity index (χ2n) is 6.80. The first-order valence-electron chi connectivity index (χ1n) is 9.02. The third kappa shape index (κ3) is 2.86. The van der Waals surface area contributed by atoms with Crippen LogP contribution in [0.1, 0.15) is 44.7 Å². The second kappa shape index (κ2) is 7.00. The topological polar surface area (TPSA) is 147 Å². The van der Waals surface area contributed by atoms with E-state index in [-0.39, 0.29) is 33.4 Å². The molecule has 30 heavy (non-hydrogen) atoms. The van der Waals surface area contributed by atoms with Crippen molar-refractivity contribution in [2.45, 2.75) is 12.8 Å². The first kappa shape index (κ1) is 19.1. The number of nitrogens with two attached hydrogens (primary N) is 2. The van der Waals surface area contributed by atoms with Crippen molar-refractivity contribution in [2.24, 2.45) is 11.5 Å². The van der Waals surface area contributed by atoms with Crippen LogP contribution in [0.15, 0.2) is 67.0 Å². The van der Waals surface area contributed by atoms with Gasteiger partial charge in [-0.05, 0) is 23.3 Å². The van der Waals surface area contributed by atoms with Crippen LogP contribution in [0.5, 0.6) is 0 Å². The summed E-state index contributed by atoms with van der Waals surface area (Å²) in [7, 11) is 0. The van der Waals surface area contributed by atoms with Gasteiger partial charge in [0.2, 0.25) is 0 Å². The van der Waals surface area contributed by atoms with Crippen LogP contribution in [0.25, 0.3) is 21.9 Å². The Kier molecular flexibility index (Phi) is 4.46. The molecule has 4 rings (SSSR count). The molecule has 0 aliphatic rings. The van der Waals surface area contributed by atoms with Crippen LogP contribution in [0.3, 0.4) is 0 Å². The number of carbonyl (C=O) groups is 2. The van der Waals surface area contributed by atoms with E-state index in [4.69, 9.17) is 20.3 Å². The minimum atomic E-state index is -0.982.